The maximum absolute atomic E-state index is 10.5. The summed E-state index contributed by atoms with van der Waals surface area (Å²) in [6.07, 6.45) is 3.18. The van der Waals surface area contributed by atoms with Crippen LogP contribution in [0.3, 0.4) is 0 Å². The molecule has 0 aliphatic carbocycles. The Balaban J connectivity index is 1.94. The van der Waals surface area contributed by atoms with E-state index in [0.29, 0.717) is 12.3 Å². The van der Waals surface area contributed by atoms with Crippen LogP contribution in [0, 0.1) is 0 Å². The lowest BCUT2D eigenvalue weighted by Crippen LogP contribution is -2.34. The number of hydrogen-bond acceptors (Lipinski definition) is 4. The molecule has 1 fully saturated rings. The van der Waals surface area contributed by atoms with Gasteiger partial charge < -0.3 is 10.0 Å². The highest BCUT2D eigenvalue weighted by Crippen LogP contribution is 2.29. The normalized spacial score (nSPS) is 21.1. The molecule has 1 N–H and O–H groups in total. The summed E-state index contributed by atoms with van der Waals surface area (Å²) in [5.41, 5.74) is 0.936. The SMILES string of the molecule is CCN1CCCC(c2nc(CCC(=O)O)cs2)C1. The van der Waals surface area contributed by atoms with Crippen LogP contribution >= 0.6 is 11.3 Å². The number of carboxylic acids is 1. The second-order valence-corrected chi connectivity index (χ2v) is 5.69. The molecule has 1 aromatic heterocycles. The second-order valence-electron chi connectivity index (χ2n) is 4.80. The van der Waals surface area contributed by atoms with Gasteiger partial charge in [0, 0.05) is 24.3 Å². The number of aliphatic carboxylic acids is 1. The first-order valence-corrected chi connectivity index (χ1v) is 7.45. The third-order valence-corrected chi connectivity index (χ3v) is 4.52. The molecule has 0 spiro atoms. The van der Waals surface area contributed by atoms with Gasteiger partial charge in [0.25, 0.3) is 0 Å². The predicted octanol–water partition coefficient (Wildman–Crippen LogP) is 2.36. The molecule has 5 heteroatoms. The highest BCUT2D eigenvalue weighted by Gasteiger charge is 2.22. The van der Waals surface area contributed by atoms with E-state index < -0.39 is 5.97 Å². The minimum Gasteiger partial charge on any atom is -0.481 e. The lowest BCUT2D eigenvalue weighted by Gasteiger charge is -2.30. The first-order valence-electron chi connectivity index (χ1n) is 6.57. The lowest BCUT2D eigenvalue weighted by atomic mass is 9.99. The van der Waals surface area contributed by atoms with E-state index in [1.165, 1.54) is 24.4 Å². The zero-order valence-corrected chi connectivity index (χ0v) is 11.6. The van der Waals surface area contributed by atoms with Crippen molar-refractivity contribution in [2.75, 3.05) is 19.6 Å². The zero-order valence-electron chi connectivity index (χ0n) is 10.8. The quantitative estimate of drug-likeness (QED) is 0.890. The summed E-state index contributed by atoms with van der Waals surface area (Å²) >= 11 is 1.69. The maximum atomic E-state index is 10.5. The number of aryl methyl sites for hydroxylation is 1. The van der Waals surface area contributed by atoms with E-state index in [-0.39, 0.29) is 6.42 Å². The summed E-state index contributed by atoms with van der Waals surface area (Å²) in [7, 11) is 0. The van der Waals surface area contributed by atoms with E-state index in [1.54, 1.807) is 11.3 Å². The Bertz CT molecular complexity index is 405. The summed E-state index contributed by atoms with van der Waals surface area (Å²) in [6.45, 7) is 5.60. The maximum Gasteiger partial charge on any atom is 0.303 e. The van der Waals surface area contributed by atoms with Gasteiger partial charge in [-0.15, -0.1) is 11.3 Å². The number of rotatable bonds is 5. The molecule has 2 heterocycles. The highest BCUT2D eigenvalue weighted by atomic mass is 32.1. The topological polar surface area (TPSA) is 53.4 Å². The van der Waals surface area contributed by atoms with E-state index in [2.05, 4.69) is 16.8 Å². The van der Waals surface area contributed by atoms with Gasteiger partial charge in [-0.05, 0) is 25.9 Å². The number of aromatic nitrogens is 1. The smallest absolute Gasteiger partial charge is 0.303 e. The van der Waals surface area contributed by atoms with Crippen LogP contribution in [0.5, 0.6) is 0 Å². The first kappa shape index (κ1) is 13.5. The standard InChI is InChI=1S/C13H20N2O2S/c1-2-15-7-3-4-10(8-15)13-14-11(9-18-13)5-6-12(16)17/h9-10H,2-8H2,1H3,(H,16,17). The van der Waals surface area contributed by atoms with Crippen molar-refractivity contribution in [3.05, 3.63) is 16.1 Å². The predicted molar refractivity (Wildman–Crippen MR) is 72.2 cm³/mol. The largest absolute Gasteiger partial charge is 0.481 e. The number of likely N-dealkylation sites (N-methyl/N-ethyl adjacent to an activating group) is 1. The third kappa shape index (κ3) is 3.53. The molecular weight excluding hydrogens is 248 g/mol. The minimum absolute atomic E-state index is 0.176. The van der Waals surface area contributed by atoms with Gasteiger partial charge in [0.1, 0.15) is 0 Å². The highest BCUT2D eigenvalue weighted by molar-refractivity contribution is 7.09. The van der Waals surface area contributed by atoms with Crippen LogP contribution in [0.1, 0.15) is 42.8 Å². The number of piperidine rings is 1. The van der Waals surface area contributed by atoms with Crippen molar-refractivity contribution in [2.45, 2.75) is 38.5 Å². The third-order valence-electron chi connectivity index (χ3n) is 3.47. The summed E-state index contributed by atoms with van der Waals surface area (Å²) < 4.78 is 0. The number of hydrogen-bond donors (Lipinski definition) is 1. The molecule has 2 rings (SSSR count). The Labute approximate surface area is 112 Å². The summed E-state index contributed by atoms with van der Waals surface area (Å²) in [6, 6.07) is 0. The molecule has 0 aromatic carbocycles. The fraction of sp³-hybridized carbons (Fsp3) is 0.692. The van der Waals surface area contributed by atoms with Gasteiger partial charge in [-0.2, -0.15) is 0 Å². The Morgan fingerprint density at radius 2 is 2.50 bits per heavy atom. The van der Waals surface area contributed by atoms with Crippen molar-refractivity contribution in [3.63, 3.8) is 0 Å². The van der Waals surface area contributed by atoms with Crippen LogP contribution in [0.25, 0.3) is 0 Å². The molecule has 4 nitrogen and oxygen atoms in total. The van der Waals surface area contributed by atoms with Crippen LogP contribution in [-0.4, -0.2) is 40.6 Å². The van der Waals surface area contributed by atoms with Crippen LogP contribution in [-0.2, 0) is 11.2 Å². The number of thiazole rings is 1. The molecule has 1 aliphatic rings. The Hall–Kier alpha value is -0.940. The zero-order chi connectivity index (χ0) is 13.0. The molecule has 1 aliphatic heterocycles. The van der Waals surface area contributed by atoms with Gasteiger partial charge in [0.05, 0.1) is 17.1 Å². The lowest BCUT2D eigenvalue weighted by molar-refractivity contribution is -0.136. The molecular formula is C13H20N2O2S. The average Bonchev–Trinajstić information content (AvgIpc) is 2.85. The monoisotopic (exact) mass is 268 g/mol. The van der Waals surface area contributed by atoms with Crippen molar-refractivity contribution in [1.82, 2.24) is 9.88 Å². The van der Waals surface area contributed by atoms with Crippen LogP contribution in [0.15, 0.2) is 5.38 Å². The van der Waals surface area contributed by atoms with Crippen LogP contribution in [0.2, 0.25) is 0 Å². The van der Waals surface area contributed by atoms with Gasteiger partial charge in [0.15, 0.2) is 0 Å². The van der Waals surface area contributed by atoms with E-state index in [9.17, 15) is 4.79 Å². The molecule has 0 saturated carbocycles. The van der Waals surface area contributed by atoms with Gasteiger partial charge in [-0.25, -0.2) is 4.98 Å². The molecule has 0 radical (unpaired) electrons. The summed E-state index contributed by atoms with van der Waals surface area (Å²) in [5.74, 6) is -0.207. The number of nitrogens with zero attached hydrogens (tertiary/aromatic N) is 2. The average molecular weight is 268 g/mol. The van der Waals surface area contributed by atoms with Gasteiger partial charge in [0.2, 0.25) is 0 Å². The van der Waals surface area contributed by atoms with E-state index >= 15 is 0 Å². The van der Waals surface area contributed by atoms with Crippen molar-refractivity contribution in [3.8, 4) is 0 Å². The molecule has 1 saturated heterocycles. The van der Waals surface area contributed by atoms with E-state index in [1.807, 2.05) is 5.38 Å². The Kier molecular flexibility index (Phi) is 4.72. The van der Waals surface area contributed by atoms with Crippen molar-refractivity contribution >= 4 is 17.3 Å². The van der Waals surface area contributed by atoms with Gasteiger partial charge in [-0.3, -0.25) is 4.79 Å². The Morgan fingerprint density at radius 1 is 1.67 bits per heavy atom. The van der Waals surface area contributed by atoms with Crippen LogP contribution < -0.4 is 0 Å². The molecule has 18 heavy (non-hydrogen) atoms. The first-order chi connectivity index (χ1) is 8.69. The Morgan fingerprint density at radius 3 is 3.22 bits per heavy atom. The van der Waals surface area contributed by atoms with Crippen molar-refractivity contribution < 1.29 is 9.90 Å². The fourth-order valence-corrected chi connectivity index (χ4v) is 3.39. The molecule has 1 aromatic rings. The number of carbonyl (C=O) groups is 1. The molecule has 100 valence electrons. The van der Waals surface area contributed by atoms with E-state index in [0.717, 1.165) is 18.8 Å². The summed E-state index contributed by atoms with van der Waals surface area (Å²) in [5, 5.41) is 11.9. The second kappa shape index (κ2) is 6.29. The molecule has 0 amide bonds. The van der Waals surface area contributed by atoms with E-state index in [4.69, 9.17) is 5.11 Å². The minimum atomic E-state index is -0.751. The number of carboxylic acid groups (broad SMARTS) is 1. The number of likely N-dealkylation sites (tertiary alicyclic amines) is 1. The van der Waals surface area contributed by atoms with Crippen molar-refractivity contribution in [1.29, 1.82) is 0 Å². The van der Waals surface area contributed by atoms with Gasteiger partial charge >= 0.3 is 5.97 Å². The van der Waals surface area contributed by atoms with Crippen molar-refractivity contribution in [2.24, 2.45) is 0 Å². The molecule has 0 bridgehead atoms. The fourth-order valence-electron chi connectivity index (χ4n) is 2.40. The van der Waals surface area contributed by atoms with Crippen LogP contribution in [0.4, 0.5) is 0 Å². The molecule has 1 unspecified atom stereocenters. The molecule has 1 atom stereocenters. The van der Waals surface area contributed by atoms with Gasteiger partial charge in [-0.1, -0.05) is 6.92 Å². The summed E-state index contributed by atoms with van der Waals surface area (Å²) in [4.78, 5) is 17.6.